The normalized spacial score (nSPS) is 11.2. The van der Waals surface area contributed by atoms with E-state index in [1.807, 2.05) is 0 Å². The van der Waals surface area contributed by atoms with Gasteiger partial charge >= 0.3 is 0 Å². The van der Waals surface area contributed by atoms with Crippen LogP contribution in [0, 0.1) is 5.92 Å². The average Bonchev–Trinajstić information content (AvgIpc) is 2.59. The van der Waals surface area contributed by atoms with Crippen LogP contribution in [0.1, 0.15) is 19.5 Å². The number of hydrogen-bond donors (Lipinski definition) is 1. The van der Waals surface area contributed by atoms with E-state index in [4.69, 9.17) is 4.74 Å². The lowest BCUT2D eigenvalue weighted by Crippen LogP contribution is -2.21. The lowest BCUT2D eigenvalue weighted by molar-refractivity contribution is 0.199. The SMILES string of the molecule is COCCNCc1cccn1CC(C)C. The summed E-state index contributed by atoms with van der Waals surface area (Å²) in [5.74, 6) is 0.690. The minimum atomic E-state index is 0.690. The predicted octanol–water partition coefficient (Wildman–Crippen LogP) is 1.88. The summed E-state index contributed by atoms with van der Waals surface area (Å²) in [7, 11) is 1.73. The second-order valence-electron chi connectivity index (χ2n) is 4.22. The van der Waals surface area contributed by atoms with Gasteiger partial charge in [0.1, 0.15) is 0 Å². The number of nitrogens with one attached hydrogen (secondary N) is 1. The van der Waals surface area contributed by atoms with Crippen LogP contribution in [0.4, 0.5) is 0 Å². The highest BCUT2D eigenvalue weighted by atomic mass is 16.5. The molecule has 0 aliphatic rings. The van der Waals surface area contributed by atoms with Gasteiger partial charge in [0.25, 0.3) is 0 Å². The Morgan fingerprint density at radius 2 is 2.27 bits per heavy atom. The number of rotatable bonds is 7. The molecule has 3 heteroatoms. The number of hydrogen-bond acceptors (Lipinski definition) is 2. The Morgan fingerprint density at radius 3 is 2.93 bits per heavy atom. The lowest BCUT2D eigenvalue weighted by Gasteiger charge is -2.12. The van der Waals surface area contributed by atoms with Crippen LogP contribution in [0.25, 0.3) is 0 Å². The number of methoxy groups -OCH3 is 1. The quantitative estimate of drug-likeness (QED) is 0.695. The molecule has 1 aromatic heterocycles. The molecular formula is C12H22N2O. The first-order valence-corrected chi connectivity index (χ1v) is 5.57. The molecule has 0 amide bonds. The second kappa shape index (κ2) is 6.64. The standard InChI is InChI=1S/C12H22N2O/c1-11(2)10-14-7-4-5-12(14)9-13-6-8-15-3/h4-5,7,11,13H,6,8-10H2,1-3H3. The van der Waals surface area contributed by atoms with Crippen LogP contribution in [0.5, 0.6) is 0 Å². The van der Waals surface area contributed by atoms with Gasteiger partial charge in [-0.1, -0.05) is 13.8 Å². The lowest BCUT2D eigenvalue weighted by atomic mass is 10.2. The predicted molar refractivity (Wildman–Crippen MR) is 62.9 cm³/mol. The van der Waals surface area contributed by atoms with Crippen LogP contribution in [0.3, 0.4) is 0 Å². The molecule has 0 fully saturated rings. The zero-order chi connectivity index (χ0) is 11.1. The third-order valence-corrected chi connectivity index (χ3v) is 2.27. The van der Waals surface area contributed by atoms with Gasteiger partial charge in [0, 0.05) is 38.6 Å². The topological polar surface area (TPSA) is 26.2 Å². The van der Waals surface area contributed by atoms with E-state index in [2.05, 4.69) is 42.1 Å². The molecule has 0 aliphatic carbocycles. The fraction of sp³-hybridized carbons (Fsp3) is 0.667. The Hall–Kier alpha value is -0.800. The van der Waals surface area contributed by atoms with Crippen molar-refractivity contribution in [3.63, 3.8) is 0 Å². The Bertz CT molecular complexity index is 268. The van der Waals surface area contributed by atoms with Crippen molar-refractivity contribution in [1.82, 2.24) is 9.88 Å². The molecule has 0 saturated heterocycles. The maximum absolute atomic E-state index is 4.99. The van der Waals surface area contributed by atoms with Crippen molar-refractivity contribution in [3.8, 4) is 0 Å². The van der Waals surface area contributed by atoms with E-state index in [9.17, 15) is 0 Å². The highest BCUT2D eigenvalue weighted by molar-refractivity contribution is 5.06. The van der Waals surface area contributed by atoms with Gasteiger partial charge in [-0.15, -0.1) is 0 Å². The highest BCUT2D eigenvalue weighted by Crippen LogP contribution is 2.06. The summed E-state index contributed by atoms with van der Waals surface area (Å²) in [6.45, 7) is 8.16. The summed E-state index contributed by atoms with van der Waals surface area (Å²) in [5.41, 5.74) is 1.35. The summed E-state index contributed by atoms with van der Waals surface area (Å²) < 4.78 is 7.30. The molecule has 1 heterocycles. The summed E-state index contributed by atoms with van der Waals surface area (Å²) in [6, 6.07) is 4.28. The van der Waals surface area contributed by atoms with E-state index < -0.39 is 0 Å². The van der Waals surface area contributed by atoms with Crippen LogP contribution >= 0.6 is 0 Å². The molecule has 1 rings (SSSR count). The first-order valence-electron chi connectivity index (χ1n) is 5.57. The van der Waals surface area contributed by atoms with E-state index in [1.54, 1.807) is 7.11 Å². The van der Waals surface area contributed by atoms with Gasteiger partial charge in [-0.05, 0) is 18.1 Å². The average molecular weight is 210 g/mol. The van der Waals surface area contributed by atoms with E-state index in [-0.39, 0.29) is 0 Å². The van der Waals surface area contributed by atoms with Crippen LogP contribution in [-0.4, -0.2) is 24.8 Å². The third kappa shape index (κ3) is 4.49. The van der Waals surface area contributed by atoms with E-state index >= 15 is 0 Å². The highest BCUT2D eigenvalue weighted by Gasteiger charge is 2.01. The van der Waals surface area contributed by atoms with Crippen molar-refractivity contribution in [2.45, 2.75) is 26.9 Å². The molecule has 0 aromatic carbocycles. The Balaban J connectivity index is 2.36. The molecule has 0 spiro atoms. The molecule has 0 unspecified atom stereocenters. The largest absolute Gasteiger partial charge is 0.383 e. The van der Waals surface area contributed by atoms with Gasteiger partial charge in [-0.25, -0.2) is 0 Å². The van der Waals surface area contributed by atoms with Gasteiger partial charge in [0.2, 0.25) is 0 Å². The molecule has 0 saturated carbocycles. The molecule has 1 N–H and O–H groups in total. The monoisotopic (exact) mass is 210 g/mol. The number of nitrogens with zero attached hydrogens (tertiary/aromatic N) is 1. The summed E-state index contributed by atoms with van der Waals surface area (Å²) in [5, 5.41) is 3.36. The second-order valence-corrected chi connectivity index (χ2v) is 4.22. The summed E-state index contributed by atoms with van der Waals surface area (Å²) in [4.78, 5) is 0. The molecule has 0 bridgehead atoms. The third-order valence-electron chi connectivity index (χ3n) is 2.27. The van der Waals surface area contributed by atoms with Crippen molar-refractivity contribution in [2.75, 3.05) is 20.3 Å². The Labute approximate surface area is 92.4 Å². The fourth-order valence-electron chi connectivity index (χ4n) is 1.57. The molecule has 0 radical (unpaired) electrons. The molecular weight excluding hydrogens is 188 g/mol. The first-order chi connectivity index (χ1) is 7.24. The van der Waals surface area contributed by atoms with Crippen LogP contribution in [-0.2, 0) is 17.8 Å². The minimum Gasteiger partial charge on any atom is -0.383 e. The molecule has 0 atom stereocenters. The molecule has 3 nitrogen and oxygen atoms in total. The number of aromatic nitrogens is 1. The van der Waals surface area contributed by atoms with Crippen LogP contribution in [0.2, 0.25) is 0 Å². The zero-order valence-corrected chi connectivity index (χ0v) is 9.99. The van der Waals surface area contributed by atoms with Crippen molar-refractivity contribution in [2.24, 2.45) is 5.92 Å². The van der Waals surface area contributed by atoms with Gasteiger partial charge < -0.3 is 14.6 Å². The first kappa shape index (κ1) is 12.3. The van der Waals surface area contributed by atoms with Crippen LogP contribution in [0.15, 0.2) is 18.3 Å². The number of ether oxygens (including phenoxy) is 1. The Kier molecular flexibility index (Phi) is 5.43. The maximum Gasteiger partial charge on any atom is 0.0587 e. The summed E-state index contributed by atoms with van der Waals surface area (Å²) >= 11 is 0. The fourth-order valence-corrected chi connectivity index (χ4v) is 1.57. The Morgan fingerprint density at radius 1 is 1.47 bits per heavy atom. The summed E-state index contributed by atoms with van der Waals surface area (Å²) in [6.07, 6.45) is 2.15. The molecule has 15 heavy (non-hydrogen) atoms. The minimum absolute atomic E-state index is 0.690. The van der Waals surface area contributed by atoms with E-state index in [0.717, 1.165) is 26.2 Å². The van der Waals surface area contributed by atoms with Gasteiger partial charge in [-0.3, -0.25) is 0 Å². The smallest absolute Gasteiger partial charge is 0.0587 e. The van der Waals surface area contributed by atoms with Crippen molar-refractivity contribution in [1.29, 1.82) is 0 Å². The van der Waals surface area contributed by atoms with Gasteiger partial charge in [0.05, 0.1) is 6.61 Å². The van der Waals surface area contributed by atoms with E-state index in [0.29, 0.717) is 5.92 Å². The maximum atomic E-state index is 4.99. The van der Waals surface area contributed by atoms with Crippen molar-refractivity contribution >= 4 is 0 Å². The van der Waals surface area contributed by atoms with Crippen molar-refractivity contribution < 1.29 is 4.74 Å². The van der Waals surface area contributed by atoms with E-state index in [1.165, 1.54) is 5.69 Å². The van der Waals surface area contributed by atoms with Crippen LogP contribution < -0.4 is 5.32 Å². The molecule has 86 valence electrons. The zero-order valence-electron chi connectivity index (χ0n) is 9.99. The van der Waals surface area contributed by atoms with Gasteiger partial charge in [0.15, 0.2) is 0 Å². The van der Waals surface area contributed by atoms with Gasteiger partial charge in [-0.2, -0.15) is 0 Å². The molecule has 0 aliphatic heterocycles. The molecule has 1 aromatic rings. The van der Waals surface area contributed by atoms with Crippen molar-refractivity contribution in [3.05, 3.63) is 24.0 Å².